The van der Waals surface area contributed by atoms with Crippen LogP contribution in [0.4, 0.5) is 5.95 Å². The number of benzene rings is 1. The number of nitrogens with one attached hydrogen (secondary N) is 2. The van der Waals surface area contributed by atoms with Gasteiger partial charge in [-0.1, -0.05) is 25.3 Å². The maximum atomic E-state index is 12.5. The van der Waals surface area contributed by atoms with Crippen LogP contribution in [0.2, 0.25) is 0 Å². The number of carbonyl (C=O) groups is 1. The largest absolute Gasteiger partial charge is 0.388 e. The quantitative estimate of drug-likeness (QED) is 0.774. The number of ether oxygens (including phenoxy) is 1. The van der Waals surface area contributed by atoms with Crippen LogP contribution >= 0.6 is 0 Å². The van der Waals surface area contributed by atoms with E-state index in [1.807, 2.05) is 6.07 Å². The van der Waals surface area contributed by atoms with E-state index in [1.54, 1.807) is 18.3 Å². The van der Waals surface area contributed by atoms with E-state index in [0.717, 1.165) is 23.7 Å². The number of amides is 1. The number of aliphatic hydroxyl groups is 1. The molecule has 2 aliphatic rings. The number of aliphatic hydroxyl groups excluding tert-OH is 1. The van der Waals surface area contributed by atoms with Gasteiger partial charge >= 0.3 is 0 Å². The van der Waals surface area contributed by atoms with Crippen molar-refractivity contribution in [1.29, 1.82) is 0 Å². The molecule has 2 heterocycles. The Hall–Kier alpha value is -2.25. The van der Waals surface area contributed by atoms with Crippen molar-refractivity contribution in [2.24, 2.45) is 0 Å². The molecule has 0 bridgehead atoms. The molecule has 1 saturated carbocycles. The lowest BCUT2D eigenvalue weighted by Gasteiger charge is -2.22. The number of aromatic nitrogens is 2. The van der Waals surface area contributed by atoms with Crippen molar-refractivity contribution in [3.05, 3.63) is 30.0 Å². The molecule has 2 aromatic rings. The number of nitrogens with zero attached hydrogens (tertiary/aromatic N) is 2. The van der Waals surface area contributed by atoms with Crippen molar-refractivity contribution in [1.82, 2.24) is 15.3 Å². The van der Waals surface area contributed by atoms with E-state index in [0.29, 0.717) is 24.2 Å². The predicted molar refractivity (Wildman–Crippen MR) is 98.1 cm³/mol. The fraction of sp³-hybridized carbons (Fsp3) is 0.526. The molecule has 2 atom stereocenters. The van der Waals surface area contributed by atoms with Gasteiger partial charge in [-0.15, -0.1) is 0 Å². The Kier molecular flexibility index (Phi) is 4.99. The molecule has 1 aromatic heterocycles. The van der Waals surface area contributed by atoms with Gasteiger partial charge in [0.2, 0.25) is 5.95 Å². The minimum absolute atomic E-state index is 0.234. The van der Waals surface area contributed by atoms with Gasteiger partial charge in [0, 0.05) is 23.2 Å². The zero-order valence-electron chi connectivity index (χ0n) is 14.6. The fourth-order valence-electron chi connectivity index (χ4n) is 3.60. The summed E-state index contributed by atoms with van der Waals surface area (Å²) in [6.45, 7) is 0.588. The molecule has 1 aliphatic carbocycles. The van der Waals surface area contributed by atoms with E-state index in [-0.39, 0.29) is 18.6 Å². The Bertz CT molecular complexity index is 791. The first-order valence-electron chi connectivity index (χ1n) is 9.29. The standard InChI is InChI=1S/C19H24N4O3/c24-17-11-26-10-16(17)22-18(25)12-6-7-13-9-20-19(23-15(13)8-12)21-14-4-2-1-3-5-14/h6-9,14,16-17,24H,1-5,10-11H2,(H,22,25)(H,20,21,23). The Morgan fingerprint density at radius 3 is 2.81 bits per heavy atom. The molecule has 7 nitrogen and oxygen atoms in total. The van der Waals surface area contributed by atoms with Crippen LogP contribution in [0.15, 0.2) is 24.4 Å². The first-order chi connectivity index (χ1) is 12.7. The van der Waals surface area contributed by atoms with Crippen LogP contribution in [0.5, 0.6) is 0 Å². The summed E-state index contributed by atoms with van der Waals surface area (Å²) in [5, 5.41) is 16.9. The summed E-state index contributed by atoms with van der Waals surface area (Å²) in [4.78, 5) is 21.4. The summed E-state index contributed by atoms with van der Waals surface area (Å²) >= 11 is 0. The molecule has 26 heavy (non-hydrogen) atoms. The van der Waals surface area contributed by atoms with Gasteiger partial charge in [0.25, 0.3) is 5.91 Å². The zero-order valence-corrected chi connectivity index (χ0v) is 14.6. The monoisotopic (exact) mass is 356 g/mol. The summed E-state index contributed by atoms with van der Waals surface area (Å²) in [5.74, 6) is 0.378. The first kappa shape index (κ1) is 17.2. The predicted octanol–water partition coefficient (Wildman–Crippen LogP) is 1.86. The van der Waals surface area contributed by atoms with Crippen molar-refractivity contribution in [3.8, 4) is 0 Å². The Morgan fingerprint density at radius 2 is 2.04 bits per heavy atom. The summed E-state index contributed by atoms with van der Waals surface area (Å²) in [7, 11) is 0. The number of fused-ring (bicyclic) bond motifs is 1. The van der Waals surface area contributed by atoms with Crippen LogP contribution in [-0.4, -0.2) is 52.4 Å². The molecule has 7 heteroatoms. The molecular formula is C19H24N4O3. The molecule has 1 aliphatic heterocycles. The number of hydrogen-bond donors (Lipinski definition) is 3. The maximum absolute atomic E-state index is 12.5. The fourth-order valence-corrected chi connectivity index (χ4v) is 3.60. The normalized spacial score (nSPS) is 23.9. The minimum atomic E-state index is -0.659. The molecule has 0 spiro atoms. The molecule has 2 unspecified atom stereocenters. The molecular weight excluding hydrogens is 332 g/mol. The van der Waals surface area contributed by atoms with Crippen molar-refractivity contribution in [2.45, 2.75) is 50.3 Å². The topological polar surface area (TPSA) is 96.4 Å². The molecule has 138 valence electrons. The zero-order chi connectivity index (χ0) is 17.9. The van der Waals surface area contributed by atoms with Crippen LogP contribution in [0.1, 0.15) is 42.5 Å². The second-order valence-corrected chi connectivity index (χ2v) is 7.13. The Labute approximate surface area is 152 Å². The molecule has 0 radical (unpaired) electrons. The van der Waals surface area contributed by atoms with Crippen molar-refractivity contribution in [2.75, 3.05) is 18.5 Å². The van der Waals surface area contributed by atoms with Gasteiger partial charge < -0.3 is 20.5 Å². The third-order valence-electron chi connectivity index (χ3n) is 5.15. The third-order valence-corrected chi connectivity index (χ3v) is 5.15. The van der Waals surface area contributed by atoms with Gasteiger partial charge in [-0.3, -0.25) is 4.79 Å². The van der Waals surface area contributed by atoms with Crippen LogP contribution in [-0.2, 0) is 4.74 Å². The smallest absolute Gasteiger partial charge is 0.251 e. The van der Waals surface area contributed by atoms with E-state index in [2.05, 4.69) is 20.6 Å². The second kappa shape index (κ2) is 7.55. The Morgan fingerprint density at radius 1 is 1.19 bits per heavy atom. The number of anilines is 1. The van der Waals surface area contributed by atoms with Crippen LogP contribution in [0.25, 0.3) is 10.9 Å². The van der Waals surface area contributed by atoms with Gasteiger partial charge in [0.05, 0.1) is 30.9 Å². The highest BCUT2D eigenvalue weighted by atomic mass is 16.5. The minimum Gasteiger partial charge on any atom is -0.388 e. The third kappa shape index (κ3) is 3.78. The lowest BCUT2D eigenvalue weighted by atomic mass is 9.96. The molecule has 1 amide bonds. The lowest BCUT2D eigenvalue weighted by molar-refractivity contribution is 0.0886. The second-order valence-electron chi connectivity index (χ2n) is 7.13. The lowest BCUT2D eigenvalue weighted by Crippen LogP contribution is -2.42. The Balaban J connectivity index is 1.50. The van der Waals surface area contributed by atoms with Gasteiger partial charge in [0.15, 0.2) is 0 Å². The number of carbonyl (C=O) groups excluding carboxylic acids is 1. The van der Waals surface area contributed by atoms with Crippen LogP contribution in [0.3, 0.4) is 0 Å². The van der Waals surface area contributed by atoms with Crippen molar-refractivity contribution >= 4 is 22.8 Å². The maximum Gasteiger partial charge on any atom is 0.251 e. The highest BCUT2D eigenvalue weighted by Gasteiger charge is 2.27. The average Bonchev–Trinajstić information content (AvgIpc) is 3.06. The van der Waals surface area contributed by atoms with Crippen molar-refractivity contribution < 1.29 is 14.6 Å². The number of rotatable bonds is 4. The first-order valence-corrected chi connectivity index (χ1v) is 9.29. The molecule has 3 N–H and O–H groups in total. The average molecular weight is 356 g/mol. The molecule has 1 saturated heterocycles. The highest BCUT2D eigenvalue weighted by Crippen LogP contribution is 2.21. The van der Waals surface area contributed by atoms with E-state index in [1.165, 1.54) is 19.3 Å². The van der Waals surface area contributed by atoms with Crippen molar-refractivity contribution in [3.63, 3.8) is 0 Å². The number of hydrogen-bond acceptors (Lipinski definition) is 6. The van der Waals surface area contributed by atoms with E-state index in [9.17, 15) is 9.90 Å². The summed E-state index contributed by atoms with van der Waals surface area (Å²) < 4.78 is 5.17. The van der Waals surface area contributed by atoms with Crippen LogP contribution < -0.4 is 10.6 Å². The van der Waals surface area contributed by atoms with E-state index < -0.39 is 6.10 Å². The molecule has 4 rings (SSSR count). The van der Waals surface area contributed by atoms with Gasteiger partial charge in [-0.05, 0) is 25.0 Å². The SMILES string of the molecule is O=C(NC1COCC1O)c1ccc2cnc(NC3CCCCC3)nc2c1. The molecule has 2 fully saturated rings. The van der Waals surface area contributed by atoms with Crippen LogP contribution in [0, 0.1) is 0 Å². The summed E-state index contributed by atoms with van der Waals surface area (Å²) in [6.07, 6.45) is 7.21. The van der Waals surface area contributed by atoms with Gasteiger partial charge in [-0.25, -0.2) is 9.97 Å². The summed E-state index contributed by atoms with van der Waals surface area (Å²) in [5.41, 5.74) is 1.24. The molecule has 1 aromatic carbocycles. The van der Waals surface area contributed by atoms with Gasteiger partial charge in [0.1, 0.15) is 0 Å². The van der Waals surface area contributed by atoms with Gasteiger partial charge in [-0.2, -0.15) is 0 Å². The summed E-state index contributed by atoms with van der Waals surface area (Å²) in [6, 6.07) is 5.41. The van der Waals surface area contributed by atoms with E-state index >= 15 is 0 Å². The highest BCUT2D eigenvalue weighted by molar-refractivity contribution is 5.98. The van der Waals surface area contributed by atoms with E-state index in [4.69, 9.17) is 4.74 Å².